The van der Waals surface area contributed by atoms with E-state index in [4.69, 9.17) is 9.84 Å². The van der Waals surface area contributed by atoms with Crippen molar-refractivity contribution in [3.05, 3.63) is 29.3 Å². The number of hydrogen-bond donors (Lipinski definition) is 2. The highest BCUT2D eigenvalue weighted by atomic mass is 16.5. The standard InChI is InChI=1S/C13H16O4/c1-3-6-17-13(16)9(2)7-10-4-5-11(14)12(15)8-10/h4-5,7-8,14-15H,3,6H2,1-2H3. The molecule has 0 aromatic heterocycles. The molecule has 0 aliphatic rings. The Hall–Kier alpha value is -1.97. The lowest BCUT2D eigenvalue weighted by Crippen LogP contribution is -2.06. The second-order valence-electron chi connectivity index (χ2n) is 3.71. The van der Waals surface area contributed by atoms with Gasteiger partial charge in [0.2, 0.25) is 0 Å². The van der Waals surface area contributed by atoms with Crippen molar-refractivity contribution < 1.29 is 19.7 Å². The minimum absolute atomic E-state index is 0.187. The second kappa shape index (κ2) is 5.94. The van der Waals surface area contributed by atoms with Gasteiger partial charge in [0.05, 0.1) is 6.61 Å². The number of hydrogen-bond acceptors (Lipinski definition) is 4. The maximum Gasteiger partial charge on any atom is 0.333 e. The minimum atomic E-state index is -0.376. The van der Waals surface area contributed by atoms with Crippen molar-refractivity contribution >= 4 is 12.0 Å². The third-order valence-corrected chi connectivity index (χ3v) is 2.14. The van der Waals surface area contributed by atoms with Crippen LogP contribution in [0, 0.1) is 0 Å². The average Bonchev–Trinajstić information content (AvgIpc) is 2.30. The zero-order valence-corrected chi connectivity index (χ0v) is 9.93. The largest absolute Gasteiger partial charge is 0.504 e. The first-order chi connectivity index (χ1) is 8.04. The molecule has 1 rings (SSSR count). The van der Waals surface area contributed by atoms with Crippen molar-refractivity contribution in [2.45, 2.75) is 20.3 Å². The predicted molar refractivity (Wildman–Crippen MR) is 64.7 cm³/mol. The fraction of sp³-hybridized carbons (Fsp3) is 0.308. The van der Waals surface area contributed by atoms with Gasteiger partial charge in [0.15, 0.2) is 11.5 Å². The lowest BCUT2D eigenvalue weighted by molar-refractivity contribution is -0.138. The summed E-state index contributed by atoms with van der Waals surface area (Å²) in [6, 6.07) is 4.35. The predicted octanol–water partition coefficient (Wildman–Crippen LogP) is 2.45. The number of carbonyl (C=O) groups excluding carboxylic acids is 1. The summed E-state index contributed by atoms with van der Waals surface area (Å²) in [5, 5.41) is 18.4. The molecule has 2 N–H and O–H groups in total. The van der Waals surface area contributed by atoms with Gasteiger partial charge in [-0.05, 0) is 37.1 Å². The van der Waals surface area contributed by atoms with E-state index in [9.17, 15) is 9.90 Å². The molecule has 0 spiro atoms. The van der Waals surface area contributed by atoms with E-state index in [0.717, 1.165) is 6.42 Å². The molecule has 0 fully saturated rings. The van der Waals surface area contributed by atoms with E-state index >= 15 is 0 Å². The van der Waals surface area contributed by atoms with Crippen LogP contribution in [0.2, 0.25) is 0 Å². The summed E-state index contributed by atoms with van der Waals surface area (Å²) >= 11 is 0. The number of ether oxygens (including phenoxy) is 1. The monoisotopic (exact) mass is 236 g/mol. The van der Waals surface area contributed by atoms with Gasteiger partial charge in [-0.1, -0.05) is 13.0 Å². The van der Waals surface area contributed by atoms with Crippen LogP contribution in [0.5, 0.6) is 11.5 Å². The molecule has 0 saturated carbocycles. The number of carbonyl (C=O) groups is 1. The third kappa shape index (κ3) is 3.83. The van der Waals surface area contributed by atoms with Gasteiger partial charge < -0.3 is 14.9 Å². The van der Waals surface area contributed by atoms with Gasteiger partial charge in [-0.15, -0.1) is 0 Å². The van der Waals surface area contributed by atoms with Crippen molar-refractivity contribution in [1.82, 2.24) is 0 Å². The van der Waals surface area contributed by atoms with E-state index in [2.05, 4.69) is 0 Å². The zero-order valence-electron chi connectivity index (χ0n) is 9.93. The van der Waals surface area contributed by atoms with Crippen LogP contribution in [0.1, 0.15) is 25.8 Å². The smallest absolute Gasteiger partial charge is 0.333 e. The molecule has 1 aromatic rings. The van der Waals surface area contributed by atoms with Crippen LogP contribution in [0.4, 0.5) is 0 Å². The maximum absolute atomic E-state index is 11.5. The quantitative estimate of drug-likeness (QED) is 0.478. The van der Waals surface area contributed by atoms with Crippen molar-refractivity contribution in [2.24, 2.45) is 0 Å². The molecule has 0 bridgehead atoms. The van der Waals surface area contributed by atoms with Crippen molar-refractivity contribution in [3.8, 4) is 11.5 Å². The summed E-state index contributed by atoms with van der Waals surface area (Å²) in [6.07, 6.45) is 2.37. The molecule has 1 aromatic carbocycles. The first kappa shape index (κ1) is 13.1. The van der Waals surface area contributed by atoms with E-state index < -0.39 is 0 Å². The van der Waals surface area contributed by atoms with Gasteiger partial charge in [0.1, 0.15) is 0 Å². The fourth-order valence-electron chi connectivity index (χ4n) is 1.25. The average molecular weight is 236 g/mol. The van der Waals surface area contributed by atoms with Gasteiger partial charge in [-0.3, -0.25) is 0 Å². The SMILES string of the molecule is CCCOC(=O)C(C)=Cc1ccc(O)c(O)c1. The van der Waals surface area contributed by atoms with E-state index in [1.54, 1.807) is 19.1 Å². The Kier molecular flexibility index (Phi) is 4.57. The van der Waals surface area contributed by atoms with E-state index in [1.807, 2.05) is 6.92 Å². The Morgan fingerprint density at radius 1 is 1.35 bits per heavy atom. The van der Waals surface area contributed by atoms with Crippen molar-refractivity contribution in [3.63, 3.8) is 0 Å². The second-order valence-corrected chi connectivity index (χ2v) is 3.71. The van der Waals surface area contributed by atoms with Gasteiger partial charge in [-0.2, -0.15) is 0 Å². The molecular formula is C13H16O4. The topological polar surface area (TPSA) is 66.8 Å². The van der Waals surface area contributed by atoms with Gasteiger partial charge in [0.25, 0.3) is 0 Å². The molecule has 0 amide bonds. The minimum Gasteiger partial charge on any atom is -0.504 e. The summed E-state index contributed by atoms with van der Waals surface area (Å²) in [4.78, 5) is 11.5. The van der Waals surface area contributed by atoms with Gasteiger partial charge in [-0.25, -0.2) is 4.79 Å². The van der Waals surface area contributed by atoms with E-state index in [-0.39, 0.29) is 17.5 Å². The van der Waals surface area contributed by atoms with Crippen LogP contribution in [-0.4, -0.2) is 22.8 Å². The highest BCUT2D eigenvalue weighted by Crippen LogP contribution is 2.25. The number of benzene rings is 1. The summed E-state index contributed by atoms with van der Waals surface area (Å²) in [5.41, 5.74) is 1.08. The molecule has 0 unspecified atom stereocenters. The van der Waals surface area contributed by atoms with Gasteiger partial charge >= 0.3 is 5.97 Å². The van der Waals surface area contributed by atoms with Crippen LogP contribution < -0.4 is 0 Å². The number of esters is 1. The Morgan fingerprint density at radius 2 is 2.06 bits per heavy atom. The van der Waals surface area contributed by atoms with Crippen LogP contribution in [0.15, 0.2) is 23.8 Å². The Morgan fingerprint density at radius 3 is 2.65 bits per heavy atom. The van der Waals surface area contributed by atoms with Crippen molar-refractivity contribution in [2.75, 3.05) is 6.61 Å². The molecule has 4 nitrogen and oxygen atoms in total. The van der Waals surface area contributed by atoms with E-state index in [0.29, 0.717) is 17.7 Å². The lowest BCUT2D eigenvalue weighted by Gasteiger charge is -2.03. The number of aromatic hydroxyl groups is 2. The molecule has 0 heterocycles. The highest BCUT2D eigenvalue weighted by Gasteiger charge is 2.06. The summed E-state index contributed by atoms with van der Waals surface area (Å²) in [7, 11) is 0. The Balaban J connectivity index is 2.79. The molecule has 0 aliphatic carbocycles. The first-order valence-electron chi connectivity index (χ1n) is 5.42. The Bertz CT molecular complexity index is 435. The summed E-state index contributed by atoms with van der Waals surface area (Å²) < 4.78 is 4.96. The Labute approximate surface area is 100 Å². The molecule has 4 heteroatoms. The molecule has 0 saturated heterocycles. The number of phenolic OH excluding ortho intramolecular Hbond substituents is 2. The van der Waals surface area contributed by atoms with Crippen LogP contribution in [0.25, 0.3) is 6.08 Å². The molecule has 17 heavy (non-hydrogen) atoms. The van der Waals surface area contributed by atoms with Crippen LogP contribution in [-0.2, 0) is 9.53 Å². The van der Waals surface area contributed by atoms with Crippen LogP contribution >= 0.6 is 0 Å². The molecular weight excluding hydrogens is 220 g/mol. The summed E-state index contributed by atoms with van der Waals surface area (Å²) in [6.45, 7) is 3.96. The molecule has 0 aliphatic heterocycles. The molecule has 92 valence electrons. The maximum atomic E-state index is 11.5. The molecule has 0 atom stereocenters. The highest BCUT2D eigenvalue weighted by molar-refractivity contribution is 5.93. The number of phenols is 2. The first-order valence-corrected chi connectivity index (χ1v) is 5.42. The third-order valence-electron chi connectivity index (χ3n) is 2.14. The van der Waals surface area contributed by atoms with Crippen molar-refractivity contribution in [1.29, 1.82) is 0 Å². The van der Waals surface area contributed by atoms with Gasteiger partial charge in [0, 0.05) is 5.57 Å². The molecule has 0 radical (unpaired) electrons. The lowest BCUT2D eigenvalue weighted by atomic mass is 10.1. The normalized spacial score (nSPS) is 11.3. The van der Waals surface area contributed by atoms with Crippen LogP contribution in [0.3, 0.4) is 0 Å². The number of rotatable bonds is 4. The fourth-order valence-corrected chi connectivity index (χ4v) is 1.25. The zero-order chi connectivity index (χ0) is 12.8. The van der Waals surface area contributed by atoms with E-state index in [1.165, 1.54) is 12.1 Å². The summed E-state index contributed by atoms with van der Waals surface area (Å²) in [5.74, 6) is -0.777.